The SMILES string of the molecule is Nc1nc(=O)n(C2COC(CO)C(O)C2)cc1F. The van der Waals surface area contributed by atoms with Crippen molar-refractivity contribution in [1.82, 2.24) is 9.55 Å². The fourth-order valence-corrected chi connectivity index (χ4v) is 1.93. The summed E-state index contributed by atoms with van der Waals surface area (Å²) in [6, 6.07) is -0.530. The van der Waals surface area contributed by atoms with Gasteiger partial charge < -0.3 is 20.7 Å². The number of nitrogens with zero attached hydrogens (tertiary/aromatic N) is 2. The fourth-order valence-electron chi connectivity index (χ4n) is 1.93. The summed E-state index contributed by atoms with van der Waals surface area (Å²) in [5.74, 6) is -1.25. The maximum absolute atomic E-state index is 13.3. The van der Waals surface area contributed by atoms with Gasteiger partial charge in [-0.25, -0.2) is 9.18 Å². The molecule has 1 aliphatic rings. The van der Waals surface area contributed by atoms with Crippen LogP contribution in [0.3, 0.4) is 0 Å². The normalized spacial score (nSPS) is 28.3. The van der Waals surface area contributed by atoms with Crippen LogP contribution in [0.2, 0.25) is 0 Å². The minimum atomic E-state index is -0.915. The Balaban J connectivity index is 2.23. The van der Waals surface area contributed by atoms with Crippen LogP contribution in [0.4, 0.5) is 10.2 Å². The second kappa shape index (κ2) is 5.01. The van der Waals surface area contributed by atoms with Crippen molar-refractivity contribution in [3.8, 4) is 0 Å². The first-order valence-corrected chi connectivity index (χ1v) is 5.47. The zero-order valence-corrected chi connectivity index (χ0v) is 9.49. The fraction of sp³-hybridized carbons (Fsp3) is 0.600. The molecule has 3 atom stereocenters. The van der Waals surface area contributed by atoms with E-state index in [4.69, 9.17) is 15.6 Å². The van der Waals surface area contributed by atoms with Gasteiger partial charge in [-0.05, 0) is 6.42 Å². The van der Waals surface area contributed by atoms with E-state index in [-0.39, 0.29) is 19.6 Å². The Morgan fingerprint density at radius 3 is 3.00 bits per heavy atom. The van der Waals surface area contributed by atoms with Crippen LogP contribution in [0.15, 0.2) is 11.0 Å². The third-order valence-corrected chi connectivity index (χ3v) is 2.95. The van der Waals surface area contributed by atoms with E-state index in [9.17, 15) is 14.3 Å². The molecule has 4 N–H and O–H groups in total. The molecule has 8 heteroatoms. The van der Waals surface area contributed by atoms with E-state index in [2.05, 4.69) is 4.98 Å². The summed E-state index contributed by atoms with van der Waals surface area (Å²) in [4.78, 5) is 14.9. The number of anilines is 1. The highest BCUT2D eigenvalue weighted by Gasteiger charge is 2.31. The largest absolute Gasteiger partial charge is 0.394 e. The Morgan fingerprint density at radius 1 is 1.67 bits per heavy atom. The molecule has 1 aromatic heterocycles. The van der Waals surface area contributed by atoms with Gasteiger partial charge in [-0.1, -0.05) is 0 Å². The van der Waals surface area contributed by atoms with Crippen LogP contribution < -0.4 is 11.4 Å². The number of aliphatic hydroxyl groups is 2. The molecule has 0 amide bonds. The molecule has 2 rings (SSSR count). The lowest BCUT2D eigenvalue weighted by molar-refractivity contribution is -0.113. The molecule has 0 bridgehead atoms. The minimum absolute atomic E-state index is 0.0905. The van der Waals surface area contributed by atoms with Gasteiger partial charge in [0.05, 0.1) is 25.4 Å². The Hall–Kier alpha value is -1.51. The number of hydrogen-bond acceptors (Lipinski definition) is 6. The summed E-state index contributed by atoms with van der Waals surface area (Å²) in [6.45, 7) is -0.218. The number of aliphatic hydroxyl groups excluding tert-OH is 2. The third-order valence-electron chi connectivity index (χ3n) is 2.95. The number of halogens is 1. The Kier molecular flexibility index (Phi) is 3.60. The van der Waals surface area contributed by atoms with Crippen LogP contribution in [-0.4, -0.2) is 45.2 Å². The second-order valence-corrected chi connectivity index (χ2v) is 4.18. The molecule has 1 aliphatic heterocycles. The van der Waals surface area contributed by atoms with Gasteiger partial charge in [0.15, 0.2) is 11.6 Å². The predicted octanol–water partition coefficient (Wildman–Crippen LogP) is -1.35. The molecule has 1 fully saturated rings. The predicted molar refractivity (Wildman–Crippen MR) is 59.4 cm³/mol. The van der Waals surface area contributed by atoms with Crippen molar-refractivity contribution in [2.75, 3.05) is 18.9 Å². The van der Waals surface area contributed by atoms with Crippen molar-refractivity contribution in [2.24, 2.45) is 0 Å². The summed E-state index contributed by atoms with van der Waals surface area (Å²) in [6.07, 6.45) is -0.467. The Morgan fingerprint density at radius 2 is 2.39 bits per heavy atom. The van der Waals surface area contributed by atoms with E-state index in [0.29, 0.717) is 0 Å². The molecule has 1 aromatic rings. The van der Waals surface area contributed by atoms with Crippen LogP contribution in [0.25, 0.3) is 0 Å². The highest BCUT2D eigenvalue weighted by atomic mass is 19.1. The molecule has 7 nitrogen and oxygen atoms in total. The zero-order valence-electron chi connectivity index (χ0n) is 9.49. The molecule has 1 saturated heterocycles. The first-order chi connectivity index (χ1) is 8.52. The monoisotopic (exact) mass is 259 g/mol. The molecule has 0 spiro atoms. The van der Waals surface area contributed by atoms with E-state index < -0.39 is 35.6 Å². The van der Waals surface area contributed by atoms with Gasteiger partial charge in [-0.15, -0.1) is 0 Å². The standard InChI is InChI=1S/C10H14FN3O4/c11-6-2-14(10(17)13-9(6)12)5-1-7(16)8(3-15)18-4-5/h2,5,7-8,15-16H,1,3-4H2,(H2,12,13,17). The van der Waals surface area contributed by atoms with E-state index in [1.807, 2.05) is 0 Å². The van der Waals surface area contributed by atoms with Gasteiger partial charge >= 0.3 is 5.69 Å². The molecule has 0 aliphatic carbocycles. The van der Waals surface area contributed by atoms with E-state index >= 15 is 0 Å². The molecule has 100 valence electrons. The smallest absolute Gasteiger partial charge is 0.350 e. The van der Waals surface area contributed by atoms with Crippen LogP contribution in [0, 0.1) is 5.82 Å². The first kappa shape index (κ1) is 12.9. The minimum Gasteiger partial charge on any atom is -0.394 e. The first-order valence-electron chi connectivity index (χ1n) is 5.47. The molecular formula is C10H14FN3O4. The quantitative estimate of drug-likeness (QED) is 0.605. The van der Waals surface area contributed by atoms with E-state index in [1.165, 1.54) is 0 Å². The average Bonchev–Trinajstić information content (AvgIpc) is 2.33. The molecule has 0 radical (unpaired) electrons. The lowest BCUT2D eigenvalue weighted by Gasteiger charge is -2.33. The number of nitrogen functional groups attached to an aromatic ring is 1. The van der Waals surface area contributed by atoms with Crippen molar-refractivity contribution in [1.29, 1.82) is 0 Å². The summed E-state index contributed by atoms with van der Waals surface area (Å²) in [7, 11) is 0. The average molecular weight is 259 g/mol. The highest BCUT2D eigenvalue weighted by Crippen LogP contribution is 2.22. The van der Waals surface area contributed by atoms with Gasteiger partial charge in [0.25, 0.3) is 0 Å². The van der Waals surface area contributed by atoms with Crippen LogP contribution in [0.1, 0.15) is 12.5 Å². The van der Waals surface area contributed by atoms with Crippen molar-refractivity contribution < 1.29 is 19.3 Å². The summed E-state index contributed by atoms with van der Waals surface area (Å²) in [5.41, 5.74) is 4.48. The maximum Gasteiger partial charge on any atom is 0.350 e. The molecule has 0 aromatic carbocycles. The van der Waals surface area contributed by atoms with Gasteiger partial charge in [0.2, 0.25) is 0 Å². The topological polar surface area (TPSA) is 111 Å². The van der Waals surface area contributed by atoms with Crippen LogP contribution in [-0.2, 0) is 4.74 Å². The molecule has 3 unspecified atom stereocenters. The second-order valence-electron chi connectivity index (χ2n) is 4.18. The number of aromatic nitrogens is 2. The van der Waals surface area contributed by atoms with Crippen LogP contribution in [0.5, 0.6) is 0 Å². The van der Waals surface area contributed by atoms with Gasteiger partial charge in [0, 0.05) is 6.20 Å². The molecule has 18 heavy (non-hydrogen) atoms. The number of nitrogens with two attached hydrogens (primary N) is 1. The maximum atomic E-state index is 13.3. The van der Waals surface area contributed by atoms with Crippen molar-refractivity contribution >= 4 is 5.82 Å². The zero-order chi connectivity index (χ0) is 13.3. The van der Waals surface area contributed by atoms with Gasteiger partial charge in [-0.2, -0.15) is 4.98 Å². The Labute approximate surface area is 102 Å². The Bertz CT molecular complexity index is 493. The molecule has 0 saturated carbocycles. The van der Waals surface area contributed by atoms with Gasteiger partial charge in [-0.3, -0.25) is 4.57 Å². The van der Waals surface area contributed by atoms with E-state index in [0.717, 1.165) is 10.8 Å². The molecule has 2 heterocycles. The van der Waals surface area contributed by atoms with Crippen molar-refractivity contribution in [3.63, 3.8) is 0 Å². The lowest BCUT2D eigenvalue weighted by Crippen LogP contribution is -2.44. The summed E-state index contributed by atoms with van der Waals surface area (Å²) in [5, 5.41) is 18.6. The summed E-state index contributed by atoms with van der Waals surface area (Å²) < 4.78 is 19.5. The number of hydrogen-bond donors (Lipinski definition) is 3. The number of ether oxygens (including phenoxy) is 1. The van der Waals surface area contributed by atoms with Gasteiger partial charge in [0.1, 0.15) is 6.10 Å². The lowest BCUT2D eigenvalue weighted by atomic mass is 10.0. The molecular weight excluding hydrogens is 245 g/mol. The highest BCUT2D eigenvalue weighted by molar-refractivity contribution is 5.26. The van der Waals surface area contributed by atoms with Crippen molar-refractivity contribution in [2.45, 2.75) is 24.7 Å². The third kappa shape index (κ3) is 2.35. The van der Waals surface area contributed by atoms with E-state index in [1.54, 1.807) is 0 Å². The number of rotatable bonds is 2. The van der Waals surface area contributed by atoms with Crippen LogP contribution >= 0.6 is 0 Å². The van der Waals surface area contributed by atoms with Crippen molar-refractivity contribution in [3.05, 3.63) is 22.5 Å². The summed E-state index contributed by atoms with van der Waals surface area (Å²) >= 11 is 0.